The second kappa shape index (κ2) is 8.24. The number of pyridine rings is 1. The largest absolute Gasteiger partial charge is 0.397 e. The average molecular weight is 467 g/mol. The number of hydrogen-bond donors (Lipinski definition) is 2. The second-order valence-corrected chi connectivity index (χ2v) is 7.88. The molecule has 0 saturated heterocycles. The van der Waals surface area contributed by atoms with Gasteiger partial charge >= 0.3 is 0 Å². The topological polar surface area (TPSA) is 71.2 Å². The quantitative estimate of drug-likeness (QED) is 0.553. The maximum absolute atomic E-state index is 13.5. The molecule has 2 heterocycles. The van der Waals surface area contributed by atoms with Gasteiger partial charge in [-0.25, -0.2) is 13.8 Å². The number of nitrogens with one attached hydrogen (secondary N) is 1. The first-order chi connectivity index (χ1) is 13.3. The van der Waals surface area contributed by atoms with Crippen molar-refractivity contribution in [2.75, 3.05) is 17.7 Å². The van der Waals surface area contributed by atoms with Crippen molar-refractivity contribution in [1.29, 1.82) is 0 Å². The summed E-state index contributed by atoms with van der Waals surface area (Å²) < 4.78 is 27.2. The molecule has 0 spiro atoms. The fourth-order valence-electron chi connectivity index (χ4n) is 2.67. The van der Waals surface area contributed by atoms with Crippen molar-refractivity contribution in [3.8, 4) is 0 Å². The molecule has 0 aliphatic rings. The Morgan fingerprint density at radius 3 is 2.71 bits per heavy atom. The summed E-state index contributed by atoms with van der Waals surface area (Å²) in [5.41, 5.74) is 7.02. The summed E-state index contributed by atoms with van der Waals surface area (Å²) in [6.45, 7) is 1.68. The minimum atomic E-state index is -0.972. The Bertz CT molecular complexity index is 1010. The van der Waals surface area contributed by atoms with Gasteiger partial charge in [0.2, 0.25) is 0 Å². The number of rotatable bonds is 5. The van der Waals surface area contributed by atoms with Crippen LogP contribution in [0.25, 0.3) is 0 Å². The molecule has 1 amide bonds. The van der Waals surface area contributed by atoms with Crippen LogP contribution in [0, 0.1) is 11.6 Å². The van der Waals surface area contributed by atoms with Gasteiger partial charge in [0.25, 0.3) is 5.91 Å². The Hall–Kier alpha value is -2.52. The van der Waals surface area contributed by atoms with Crippen molar-refractivity contribution in [1.82, 2.24) is 10.3 Å². The molecular formula is C19H17BrF2N4OS. The lowest BCUT2D eigenvalue weighted by molar-refractivity contribution is 0.0941. The van der Waals surface area contributed by atoms with Crippen LogP contribution in [0.3, 0.4) is 0 Å². The highest BCUT2D eigenvalue weighted by molar-refractivity contribution is 9.10. The molecule has 3 rings (SSSR count). The maximum atomic E-state index is 13.5. The zero-order valence-corrected chi connectivity index (χ0v) is 17.4. The van der Waals surface area contributed by atoms with Crippen LogP contribution in [-0.2, 0) is 0 Å². The van der Waals surface area contributed by atoms with Gasteiger partial charge in [-0.2, -0.15) is 0 Å². The molecular weight excluding hydrogens is 450 g/mol. The smallest absolute Gasteiger partial charge is 0.257 e. The molecule has 28 heavy (non-hydrogen) atoms. The summed E-state index contributed by atoms with van der Waals surface area (Å²) in [6.07, 6.45) is 1.53. The molecule has 0 aliphatic carbocycles. The maximum Gasteiger partial charge on any atom is 0.257 e. The molecule has 5 nitrogen and oxygen atoms in total. The van der Waals surface area contributed by atoms with E-state index in [2.05, 4.69) is 26.2 Å². The number of nitrogens with two attached hydrogens (primary N) is 1. The van der Waals surface area contributed by atoms with Gasteiger partial charge in [-0.15, -0.1) is 11.3 Å². The number of carbonyl (C=O) groups is 1. The number of nitrogens with zero attached hydrogens (tertiary/aromatic N) is 2. The van der Waals surface area contributed by atoms with E-state index in [4.69, 9.17) is 5.73 Å². The molecule has 1 atom stereocenters. The normalized spacial score (nSPS) is 11.9. The van der Waals surface area contributed by atoms with E-state index in [1.54, 1.807) is 18.9 Å². The Labute approximate surface area is 173 Å². The van der Waals surface area contributed by atoms with Crippen LogP contribution in [-0.4, -0.2) is 17.9 Å². The summed E-state index contributed by atoms with van der Waals surface area (Å²) >= 11 is 4.79. The number of aromatic nitrogens is 1. The molecule has 0 aliphatic heterocycles. The average Bonchev–Trinajstić information content (AvgIpc) is 3.20. The van der Waals surface area contributed by atoms with E-state index in [1.165, 1.54) is 23.6 Å². The van der Waals surface area contributed by atoms with Gasteiger partial charge in [-0.05, 0) is 58.1 Å². The van der Waals surface area contributed by atoms with E-state index in [1.807, 2.05) is 17.5 Å². The van der Waals surface area contributed by atoms with Crippen molar-refractivity contribution in [2.45, 2.75) is 13.0 Å². The minimum Gasteiger partial charge on any atom is -0.397 e. The number of carbonyl (C=O) groups excluding carboxylic acids is 1. The van der Waals surface area contributed by atoms with Gasteiger partial charge in [0.15, 0.2) is 11.6 Å². The van der Waals surface area contributed by atoms with Crippen molar-refractivity contribution < 1.29 is 13.6 Å². The second-order valence-electron chi connectivity index (χ2n) is 6.10. The van der Waals surface area contributed by atoms with E-state index >= 15 is 0 Å². The van der Waals surface area contributed by atoms with Crippen LogP contribution in [0.2, 0.25) is 0 Å². The number of amides is 1. The lowest BCUT2D eigenvalue weighted by Gasteiger charge is -2.22. The number of benzene rings is 1. The Kier molecular flexibility index (Phi) is 5.95. The molecule has 0 radical (unpaired) electrons. The van der Waals surface area contributed by atoms with Crippen molar-refractivity contribution in [3.63, 3.8) is 0 Å². The summed E-state index contributed by atoms with van der Waals surface area (Å²) in [5, 5.41) is 5.58. The number of halogens is 3. The summed E-state index contributed by atoms with van der Waals surface area (Å²) in [5.74, 6) is -2.00. The predicted molar refractivity (Wildman–Crippen MR) is 111 cm³/mol. The minimum absolute atomic E-state index is 0.194. The van der Waals surface area contributed by atoms with E-state index in [0.717, 1.165) is 17.1 Å². The monoisotopic (exact) mass is 466 g/mol. The number of nitrogen functional groups attached to an aromatic ring is 1. The molecule has 146 valence electrons. The highest BCUT2D eigenvalue weighted by atomic mass is 79.9. The molecule has 1 aromatic carbocycles. The van der Waals surface area contributed by atoms with E-state index in [9.17, 15) is 13.6 Å². The van der Waals surface area contributed by atoms with Crippen LogP contribution in [0.5, 0.6) is 0 Å². The first-order valence-electron chi connectivity index (χ1n) is 8.26. The standard InChI is InChI=1S/C19H17BrF2N4OS/c1-10(11-5-6-13(21)14(22)8-11)25-19(27)16-17(23)12(20)9-24-18(16)26(2)15-4-3-7-28-15/h3-10H,1-2H3,(H2,23,24)(H,25,27). The highest BCUT2D eigenvalue weighted by Gasteiger charge is 2.24. The molecule has 0 saturated carbocycles. The van der Waals surface area contributed by atoms with Crippen LogP contribution in [0.1, 0.15) is 28.9 Å². The van der Waals surface area contributed by atoms with Crippen molar-refractivity contribution in [3.05, 3.63) is 69.1 Å². The van der Waals surface area contributed by atoms with Crippen LogP contribution >= 0.6 is 27.3 Å². The Morgan fingerprint density at radius 1 is 1.32 bits per heavy atom. The fourth-order valence-corrected chi connectivity index (χ4v) is 3.67. The Balaban J connectivity index is 1.94. The van der Waals surface area contributed by atoms with Gasteiger partial charge in [0, 0.05) is 13.2 Å². The van der Waals surface area contributed by atoms with Gasteiger partial charge < -0.3 is 16.0 Å². The first-order valence-corrected chi connectivity index (χ1v) is 9.94. The van der Waals surface area contributed by atoms with Gasteiger partial charge in [0.1, 0.15) is 11.4 Å². The van der Waals surface area contributed by atoms with E-state index in [0.29, 0.717) is 15.9 Å². The van der Waals surface area contributed by atoms with Crippen LogP contribution in [0.4, 0.5) is 25.3 Å². The molecule has 0 fully saturated rings. The molecule has 0 bridgehead atoms. The molecule has 3 aromatic rings. The lowest BCUT2D eigenvalue weighted by atomic mass is 10.1. The van der Waals surface area contributed by atoms with Crippen LogP contribution < -0.4 is 16.0 Å². The van der Waals surface area contributed by atoms with Crippen molar-refractivity contribution >= 4 is 49.7 Å². The molecule has 1 unspecified atom stereocenters. The lowest BCUT2D eigenvalue weighted by Crippen LogP contribution is -2.29. The molecule has 3 N–H and O–H groups in total. The van der Waals surface area contributed by atoms with E-state index < -0.39 is 23.6 Å². The number of anilines is 3. The zero-order chi connectivity index (χ0) is 20.4. The van der Waals surface area contributed by atoms with Crippen molar-refractivity contribution in [2.24, 2.45) is 0 Å². The molecule has 2 aromatic heterocycles. The molecule has 9 heteroatoms. The SMILES string of the molecule is CC(NC(=O)c1c(N(C)c2cccs2)ncc(Br)c1N)c1ccc(F)c(F)c1. The summed E-state index contributed by atoms with van der Waals surface area (Å²) in [4.78, 5) is 19.1. The first kappa shape index (κ1) is 20.2. The highest BCUT2D eigenvalue weighted by Crippen LogP contribution is 2.34. The summed E-state index contributed by atoms with van der Waals surface area (Å²) in [7, 11) is 1.79. The third-order valence-electron chi connectivity index (χ3n) is 4.22. The Morgan fingerprint density at radius 2 is 2.07 bits per heavy atom. The third-order valence-corrected chi connectivity index (χ3v) is 5.80. The predicted octanol–water partition coefficient (Wildman–Crippen LogP) is 5.02. The van der Waals surface area contributed by atoms with Crippen LogP contribution in [0.15, 0.2) is 46.4 Å². The van der Waals surface area contributed by atoms with Gasteiger partial charge in [0.05, 0.1) is 21.2 Å². The van der Waals surface area contributed by atoms with Gasteiger partial charge in [-0.3, -0.25) is 4.79 Å². The number of thiophene rings is 1. The van der Waals surface area contributed by atoms with Gasteiger partial charge in [-0.1, -0.05) is 6.07 Å². The number of hydrogen-bond acceptors (Lipinski definition) is 5. The third kappa shape index (κ3) is 4.00. The zero-order valence-electron chi connectivity index (χ0n) is 15.0. The summed E-state index contributed by atoms with van der Waals surface area (Å²) in [6, 6.07) is 6.73. The van der Waals surface area contributed by atoms with E-state index in [-0.39, 0.29) is 11.3 Å². The fraction of sp³-hybridized carbons (Fsp3) is 0.158.